The molecule has 2 aromatic heterocycles. The first-order valence-electron chi connectivity index (χ1n) is 6.56. The summed E-state index contributed by atoms with van der Waals surface area (Å²) in [4.78, 5) is 26.8. The first kappa shape index (κ1) is 14.7. The van der Waals surface area contributed by atoms with Crippen molar-refractivity contribution in [3.8, 4) is 6.07 Å². The lowest BCUT2D eigenvalue weighted by Crippen LogP contribution is -2.15. The Morgan fingerprint density at radius 1 is 1.55 bits per heavy atom. The topological polar surface area (TPSA) is 112 Å². The number of hydrogen-bond acceptors (Lipinski definition) is 7. The summed E-state index contributed by atoms with van der Waals surface area (Å²) in [5, 5.41) is 20.2. The first-order valence-corrected chi connectivity index (χ1v) is 8.37. The molecule has 0 saturated heterocycles. The highest BCUT2D eigenvalue weighted by Crippen LogP contribution is 2.38. The largest absolute Gasteiger partial charge is 0.316 e. The Morgan fingerprint density at radius 3 is 3.18 bits per heavy atom. The van der Waals surface area contributed by atoms with Crippen LogP contribution < -0.4 is 10.9 Å². The average molecular weight is 333 g/mol. The van der Waals surface area contributed by atoms with E-state index in [4.69, 9.17) is 0 Å². The van der Waals surface area contributed by atoms with Crippen molar-refractivity contribution in [2.24, 2.45) is 0 Å². The minimum atomic E-state index is -0.362. The zero-order chi connectivity index (χ0) is 15.5. The van der Waals surface area contributed by atoms with Crippen LogP contribution in [0.5, 0.6) is 0 Å². The lowest BCUT2D eigenvalue weighted by molar-refractivity contribution is -0.113. The maximum Gasteiger partial charge on any atom is 0.270 e. The smallest absolute Gasteiger partial charge is 0.270 e. The number of thiophene rings is 1. The summed E-state index contributed by atoms with van der Waals surface area (Å²) in [6.07, 6.45) is 4.01. The number of anilines is 1. The molecule has 1 aliphatic carbocycles. The minimum absolute atomic E-state index is 0.0854. The molecule has 22 heavy (non-hydrogen) atoms. The van der Waals surface area contributed by atoms with E-state index in [1.54, 1.807) is 0 Å². The summed E-state index contributed by atoms with van der Waals surface area (Å²) in [6.45, 7) is 0. The molecule has 2 heterocycles. The highest BCUT2D eigenvalue weighted by molar-refractivity contribution is 7.99. The van der Waals surface area contributed by atoms with E-state index >= 15 is 0 Å². The van der Waals surface area contributed by atoms with Crippen LogP contribution in [0.25, 0.3) is 0 Å². The van der Waals surface area contributed by atoms with Gasteiger partial charge in [-0.15, -0.1) is 16.4 Å². The van der Waals surface area contributed by atoms with Crippen LogP contribution in [0.2, 0.25) is 0 Å². The molecule has 0 aliphatic heterocycles. The lowest BCUT2D eigenvalue weighted by atomic mass is 10.1. The van der Waals surface area contributed by atoms with Crippen LogP contribution in [-0.2, 0) is 17.6 Å². The van der Waals surface area contributed by atoms with Crippen LogP contribution in [0.1, 0.15) is 22.4 Å². The molecular weight excluding hydrogens is 322 g/mol. The van der Waals surface area contributed by atoms with E-state index in [0.717, 1.165) is 42.8 Å². The van der Waals surface area contributed by atoms with Crippen LogP contribution in [0.15, 0.2) is 16.1 Å². The van der Waals surface area contributed by atoms with Crippen molar-refractivity contribution < 1.29 is 4.79 Å². The van der Waals surface area contributed by atoms with Crippen molar-refractivity contribution in [2.75, 3.05) is 11.1 Å². The van der Waals surface area contributed by atoms with Gasteiger partial charge in [0.1, 0.15) is 17.3 Å². The van der Waals surface area contributed by atoms with E-state index in [9.17, 15) is 14.9 Å². The zero-order valence-electron chi connectivity index (χ0n) is 11.4. The number of H-pyrrole nitrogens is 1. The number of thioether (sulfide) groups is 1. The fourth-order valence-corrected chi connectivity index (χ4v) is 4.14. The van der Waals surface area contributed by atoms with E-state index < -0.39 is 0 Å². The molecule has 0 radical (unpaired) electrons. The highest BCUT2D eigenvalue weighted by Gasteiger charge is 2.23. The number of hydrogen-bond donors (Lipinski definition) is 2. The molecule has 0 aromatic carbocycles. The van der Waals surface area contributed by atoms with Gasteiger partial charge in [0.15, 0.2) is 5.16 Å². The summed E-state index contributed by atoms with van der Waals surface area (Å²) < 4.78 is 0. The number of nitrogens with one attached hydrogen (secondary N) is 2. The normalized spacial score (nSPS) is 12.7. The summed E-state index contributed by atoms with van der Waals surface area (Å²) in [7, 11) is 0. The van der Waals surface area contributed by atoms with Crippen LogP contribution in [-0.4, -0.2) is 26.8 Å². The number of nitrogens with zero attached hydrogens (tertiary/aromatic N) is 3. The van der Waals surface area contributed by atoms with Crippen LogP contribution >= 0.6 is 23.1 Å². The highest BCUT2D eigenvalue weighted by atomic mass is 32.2. The number of aryl methyl sites for hydroxylation is 1. The van der Waals surface area contributed by atoms with E-state index in [1.165, 1.54) is 16.2 Å². The molecule has 0 spiro atoms. The van der Waals surface area contributed by atoms with Gasteiger partial charge in [0.25, 0.3) is 5.56 Å². The number of nitriles is 1. The summed E-state index contributed by atoms with van der Waals surface area (Å²) >= 11 is 2.56. The van der Waals surface area contributed by atoms with Gasteiger partial charge in [-0.3, -0.25) is 14.6 Å². The molecule has 0 saturated carbocycles. The number of aromatic nitrogens is 3. The number of carbonyl (C=O) groups excluding carboxylic acids is 1. The number of rotatable bonds is 4. The Hall–Kier alpha value is -2.18. The summed E-state index contributed by atoms with van der Waals surface area (Å²) in [5.74, 6) is -0.157. The third kappa shape index (κ3) is 3.03. The Morgan fingerprint density at radius 2 is 2.41 bits per heavy atom. The maximum atomic E-state index is 12.0. The van der Waals surface area contributed by atoms with Gasteiger partial charge >= 0.3 is 0 Å². The van der Waals surface area contributed by atoms with Gasteiger partial charge in [0.2, 0.25) is 5.91 Å². The third-order valence-corrected chi connectivity index (χ3v) is 5.25. The molecule has 1 amide bonds. The van der Waals surface area contributed by atoms with Gasteiger partial charge in [0, 0.05) is 4.88 Å². The quantitative estimate of drug-likeness (QED) is 0.816. The van der Waals surface area contributed by atoms with Crippen molar-refractivity contribution in [2.45, 2.75) is 24.4 Å². The van der Waals surface area contributed by atoms with Crippen LogP contribution in [0.4, 0.5) is 5.00 Å². The Balaban J connectivity index is 1.65. The monoisotopic (exact) mass is 333 g/mol. The summed E-state index contributed by atoms with van der Waals surface area (Å²) in [6, 6.07) is 2.18. The van der Waals surface area contributed by atoms with E-state index in [2.05, 4.69) is 26.6 Å². The minimum Gasteiger partial charge on any atom is -0.316 e. The molecule has 0 unspecified atom stereocenters. The first-order chi connectivity index (χ1) is 10.7. The van der Waals surface area contributed by atoms with Crippen LogP contribution in [0.3, 0.4) is 0 Å². The fraction of sp³-hybridized carbons (Fsp3) is 0.308. The van der Waals surface area contributed by atoms with E-state index in [-0.39, 0.29) is 22.4 Å². The Kier molecular flexibility index (Phi) is 4.22. The average Bonchev–Trinajstić information content (AvgIpc) is 3.05. The number of carbonyl (C=O) groups is 1. The predicted octanol–water partition coefficient (Wildman–Crippen LogP) is 1.32. The van der Waals surface area contributed by atoms with Crippen molar-refractivity contribution in [1.82, 2.24) is 15.2 Å². The van der Waals surface area contributed by atoms with Gasteiger partial charge in [-0.2, -0.15) is 10.4 Å². The van der Waals surface area contributed by atoms with Gasteiger partial charge in [-0.1, -0.05) is 11.8 Å². The zero-order valence-corrected chi connectivity index (χ0v) is 13.0. The molecule has 112 valence electrons. The van der Waals surface area contributed by atoms with Gasteiger partial charge in [-0.05, 0) is 24.8 Å². The second-order valence-corrected chi connectivity index (χ2v) is 6.72. The van der Waals surface area contributed by atoms with E-state index in [1.807, 2.05) is 0 Å². The number of amides is 1. The molecule has 9 heteroatoms. The van der Waals surface area contributed by atoms with Crippen molar-refractivity contribution in [3.63, 3.8) is 0 Å². The van der Waals surface area contributed by atoms with Gasteiger partial charge in [0.05, 0.1) is 11.3 Å². The molecule has 0 bridgehead atoms. The standard InChI is InChI=1S/C13H11N5O2S2/c14-4-8-7-2-1-3-9(7)22-12(8)16-11(20)6-21-13-17-10(19)5-15-18-13/h5H,1-3,6H2,(H,16,20)(H,17,18,19). The van der Waals surface area contributed by atoms with Crippen molar-refractivity contribution >= 4 is 34.0 Å². The number of fused-ring (bicyclic) bond motifs is 1. The Labute approximate surface area is 133 Å². The Bertz CT molecular complexity index is 821. The lowest BCUT2D eigenvalue weighted by Gasteiger charge is -2.03. The molecular formula is C13H11N5O2S2. The summed E-state index contributed by atoms with van der Waals surface area (Å²) in [5.41, 5.74) is 1.30. The molecule has 2 aromatic rings. The van der Waals surface area contributed by atoms with Crippen molar-refractivity contribution in [1.29, 1.82) is 5.26 Å². The fourth-order valence-electron chi connectivity index (χ4n) is 2.27. The third-order valence-electron chi connectivity index (χ3n) is 3.18. The molecule has 3 rings (SSSR count). The van der Waals surface area contributed by atoms with Gasteiger partial charge in [-0.25, -0.2) is 0 Å². The van der Waals surface area contributed by atoms with Crippen molar-refractivity contribution in [3.05, 3.63) is 32.6 Å². The number of aromatic amines is 1. The molecule has 0 fully saturated rings. The maximum absolute atomic E-state index is 12.0. The second-order valence-electron chi connectivity index (χ2n) is 4.65. The van der Waals surface area contributed by atoms with Gasteiger partial charge < -0.3 is 5.32 Å². The SMILES string of the molecule is N#Cc1c(NC(=O)CSc2nncc(=O)[nH]2)sc2c1CCC2. The molecule has 1 aliphatic rings. The molecule has 0 atom stereocenters. The van der Waals surface area contributed by atoms with E-state index in [0.29, 0.717) is 10.6 Å². The molecule has 2 N–H and O–H groups in total. The second kappa shape index (κ2) is 6.29. The predicted molar refractivity (Wildman–Crippen MR) is 83.1 cm³/mol. The molecule has 7 nitrogen and oxygen atoms in total. The van der Waals surface area contributed by atoms with Crippen LogP contribution in [0, 0.1) is 11.3 Å².